The second-order valence-electron chi connectivity index (χ2n) is 7.98. The molecule has 36 heavy (non-hydrogen) atoms. The van der Waals surface area contributed by atoms with Crippen LogP contribution in [0.2, 0.25) is 0 Å². The average molecular weight is 480 g/mol. The number of carbonyl (C=O) groups is 1. The Morgan fingerprint density at radius 1 is 0.944 bits per heavy atom. The SMILES string of the molecule is N#Cc1c(F)cccc1Nc1nc2ccc(-c3ccc(NC(=O)Cc4ccc(F)cc4)cc3)cn2n1. The lowest BCUT2D eigenvalue weighted by Gasteiger charge is -2.07. The smallest absolute Gasteiger partial charge is 0.247 e. The zero-order chi connectivity index (χ0) is 25.1. The number of amides is 1. The topological polar surface area (TPSA) is 95.1 Å². The van der Waals surface area contributed by atoms with Crippen molar-refractivity contribution >= 4 is 28.9 Å². The molecule has 0 spiro atoms. The molecule has 0 saturated heterocycles. The molecule has 0 aliphatic heterocycles. The van der Waals surface area contributed by atoms with Crippen LogP contribution >= 0.6 is 0 Å². The molecule has 5 rings (SSSR count). The summed E-state index contributed by atoms with van der Waals surface area (Å²) in [4.78, 5) is 16.7. The van der Waals surface area contributed by atoms with Crippen molar-refractivity contribution in [3.63, 3.8) is 0 Å². The first-order chi connectivity index (χ1) is 17.5. The highest BCUT2D eigenvalue weighted by molar-refractivity contribution is 5.92. The molecule has 2 heterocycles. The molecule has 2 N–H and O–H groups in total. The molecule has 0 saturated carbocycles. The van der Waals surface area contributed by atoms with Crippen LogP contribution in [0.1, 0.15) is 11.1 Å². The molecule has 7 nitrogen and oxygen atoms in total. The van der Waals surface area contributed by atoms with Gasteiger partial charge in [-0.25, -0.2) is 13.3 Å². The van der Waals surface area contributed by atoms with Gasteiger partial charge in [0.2, 0.25) is 11.9 Å². The fourth-order valence-corrected chi connectivity index (χ4v) is 3.71. The summed E-state index contributed by atoms with van der Waals surface area (Å²) >= 11 is 0. The number of carbonyl (C=O) groups excluding carboxylic acids is 1. The van der Waals surface area contributed by atoms with E-state index >= 15 is 0 Å². The van der Waals surface area contributed by atoms with E-state index in [1.54, 1.807) is 47.1 Å². The van der Waals surface area contributed by atoms with Crippen LogP contribution in [0.5, 0.6) is 0 Å². The normalized spacial score (nSPS) is 10.7. The van der Waals surface area contributed by atoms with E-state index in [1.165, 1.54) is 24.3 Å². The Morgan fingerprint density at radius 2 is 1.69 bits per heavy atom. The van der Waals surface area contributed by atoms with Gasteiger partial charge < -0.3 is 10.6 Å². The first-order valence-electron chi connectivity index (χ1n) is 11.0. The predicted octanol–water partition coefficient (Wildman–Crippen LogP) is 5.47. The number of pyridine rings is 1. The maximum absolute atomic E-state index is 13.9. The lowest BCUT2D eigenvalue weighted by molar-refractivity contribution is -0.115. The summed E-state index contributed by atoms with van der Waals surface area (Å²) in [5, 5.41) is 19.3. The van der Waals surface area contributed by atoms with Gasteiger partial charge in [0.05, 0.1) is 12.1 Å². The number of rotatable bonds is 6. The monoisotopic (exact) mass is 480 g/mol. The third-order valence-electron chi connectivity index (χ3n) is 5.48. The minimum atomic E-state index is -0.622. The minimum Gasteiger partial charge on any atom is -0.326 e. The van der Waals surface area contributed by atoms with Crippen LogP contribution in [-0.2, 0) is 11.2 Å². The molecule has 0 aliphatic rings. The number of hydrogen-bond acceptors (Lipinski definition) is 5. The van der Waals surface area contributed by atoms with Crippen molar-refractivity contribution < 1.29 is 13.6 Å². The average Bonchev–Trinajstić information content (AvgIpc) is 3.27. The Labute approximate surface area is 204 Å². The molecule has 1 amide bonds. The van der Waals surface area contributed by atoms with Gasteiger partial charge in [-0.15, -0.1) is 5.10 Å². The summed E-state index contributed by atoms with van der Waals surface area (Å²) in [6, 6.07) is 23.0. The van der Waals surface area contributed by atoms with E-state index in [9.17, 15) is 18.8 Å². The van der Waals surface area contributed by atoms with Crippen molar-refractivity contribution in [2.75, 3.05) is 10.6 Å². The first-order valence-corrected chi connectivity index (χ1v) is 11.0. The van der Waals surface area contributed by atoms with E-state index in [2.05, 4.69) is 20.7 Å². The first kappa shape index (κ1) is 22.7. The van der Waals surface area contributed by atoms with Crippen molar-refractivity contribution in [1.82, 2.24) is 14.6 Å². The van der Waals surface area contributed by atoms with Crippen LogP contribution in [0.4, 0.5) is 26.1 Å². The largest absolute Gasteiger partial charge is 0.326 e. The summed E-state index contributed by atoms with van der Waals surface area (Å²) in [7, 11) is 0. The van der Waals surface area contributed by atoms with Gasteiger partial charge in [0.25, 0.3) is 0 Å². The number of halogens is 2. The van der Waals surface area contributed by atoms with Gasteiger partial charge in [0, 0.05) is 17.4 Å². The highest BCUT2D eigenvalue weighted by Crippen LogP contribution is 2.24. The number of nitriles is 1. The van der Waals surface area contributed by atoms with Gasteiger partial charge in [-0.3, -0.25) is 4.79 Å². The quantitative estimate of drug-likeness (QED) is 0.336. The van der Waals surface area contributed by atoms with Gasteiger partial charge in [-0.05, 0) is 59.7 Å². The van der Waals surface area contributed by atoms with Gasteiger partial charge in [0.15, 0.2) is 5.65 Å². The van der Waals surface area contributed by atoms with Crippen molar-refractivity contribution in [2.45, 2.75) is 6.42 Å². The van der Waals surface area contributed by atoms with Gasteiger partial charge in [0.1, 0.15) is 23.3 Å². The number of anilines is 3. The molecular weight excluding hydrogens is 462 g/mol. The van der Waals surface area contributed by atoms with Crippen molar-refractivity contribution in [2.24, 2.45) is 0 Å². The molecular formula is C27H18F2N6O. The van der Waals surface area contributed by atoms with Crippen LogP contribution in [0.15, 0.2) is 85.1 Å². The molecule has 0 aliphatic carbocycles. The number of hydrogen-bond donors (Lipinski definition) is 2. The summed E-state index contributed by atoms with van der Waals surface area (Å²) in [6.07, 6.45) is 1.94. The lowest BCUT2D eigenvalue weighted by atomic mass is 10.1. The Morgan fingerprint density at radius 3 is 2.44 bits per heavy atom. The maximum atomic E-state index is 13.9. The Balaban J connectivity index is 1.29. The van der Waals surface area contributed by atoms with E-state index in [0.717, 1.165) is 16.7 Å². The molecule has 2 aromatic heterocycles. The van der Waals surface area contributed by atoms with Crippen LogP contribution < -0.4 is 10.6 Å². The van der Waals surface area contributed by atoms with Gasteiger partial charge in [-0.2, -0.15) is 10.2 Å². The number of fused-ring (bicyclic) bond motifs is 1. The Kier molecular flexibility index (Phi) is 6.07. The van der Waals surface area contributed by atoms with E-state index in [0.29, 0.717) is 11.3 Å². The molecule has 176 valence electrons. The molecule has 5 aromatic rings. The molecule has 0 fully saturated rings. The molecule has 0 unspecified atom stereocenters. The second kappa shape index (κ2) is 9.64. The summed E-state index contributed by atoms with van der Waals surface area (Å²) < 4.78 is 28.5. The van der Waals surface area contributed by atoms with Crippen LogP contribution in [0.25, 0.3) is 16.8 Å². The van der Waals surface area contributed by atoms with Crippen LogP contribution in [0, 0.1) is 23.0 Å². The standard InChI is InChI=1S/C27H18F2N6O/c28-20-9-4-17(5-10-20)14-26(36)31-21-11-6-18(7-12-21)19-8-13-25-33-27(34-35(25)16-19)32-24-3-1-2-23(29)22(24)15-30/h1-13,16H,14H2,(H,31,36)(H,32,34). The zero-order valence-corrected chi connectivity index (χ0v) is 18.7. The highest BCUT2D eigenvalue weighted by atomic mass is 19.1. The van der Waals surface area contributed by atoms with Crippen molar-refractivity contribution in [3.05, 3.63) is 108 Å². The number of aromatic nitrogens is 3. The second-order valence-corrected chi connectivity index (χ2v) is 7.98. The maximum Gasteiger partial charge on any atom is 0.247 e. The van der Waals surface area contributed by atoms with E-state index in [1.807, 2.05) is 24.3 Å². The highest BCUT2D eigenvalue weighted by Gasteiger charge is 2.11. The van der Waals surface area contributed by atoms with Crippen molar-refractivity contribution in [1.29, 1.82) is 5.26 Å². The summed E-state index contributed by atoms with van der Waals surface area (Å²) in [5.41, 5.74) is 3.87. The van der Waals surface area contributed by atoms with E-state index in [4.69, 9.17) is 0 Å². The molecule has 3 aromatic carbocycles. The summed E-state index contributed by atoms with van der Waals surface area (Å²) in [5.74, 6) is -0.931. The molecule has 0 bridgehead atoms. The van der Waals surface area contributed by atoms with Gasteiger partial charge in [-0.1, -0.05) is 30.3 Å². The number of benzene rings is 3. The van der Waals surface area contributed by atoms with Crippen molar-refractivity contribution in [3.8, 4) is 17.2 Å². The van der Waals surface area contributed by atoms with E-state index in [-0.39, 0.29) is 35.3 Å². The number of nitrogens with one attached hydrogen (secondary N) is 2. The fourth-order valence-electron chi connectivity index (χ4n) is 3.71. The third-order valence-corrected chi connectivity index (χ3v) is 5.48. The molecule has 9 heteroatoms. The minimum absolute atomic E-state index is 0.109. The fraction of sp³-hybridized carbons (Fsp3) is 0.0370. The predicted molar refractivity (Wildman–Crippen MR) is 132 cm³/mol. The lowest BCUT2D eigenvalue weighted by Crippen LogP contribution is -2.14. The number of nitrogens with zero attached hydrogens (tertiary/aromatic N) is 4. The zero-order valence-electron chi connectivity index (χ0n) is 18.7. The van der Waals surface area contributed by atoms with E-state index < -0.39 is 5.82 Å². The third kappa shape index (κ3) is 4.88. The summed E-state index contributed by atoms with van der Waals surface area (Å²) in [6.45, 7) is 0. The Bertz CT molecular complexity index is 1600. The molecule has 0 atom stereocenters. The molecule has 0 radical (unpaired) electrons. The van der Waals surface area contributed by atoms with Crippen LogP contribution in [-0.4, -0.2) is 20.5 Å². The van der Waals surface area contributed by atoms with Crippen LogP contribution in [0.3, 0.4) is 0 Å². The Hall–Kier alpha value is -5.10. The van der Waals surface area contributed by atoms with Gasteiger partial charge >= 0.3 is 0 Å².